The van der Waals surface area contributed by atoms with Crippen molar-refractivity contribution in [3.8, 4) is 0 Å². The highest BCUT2D eigenvalue weighted by Crippen LogP contribution is 2.32. The van der Waals surface area contributed by atoms with Gasteiger partial charge in [-0.25, -0.2) is 9.97 Å². The van der Waals surface area contributed by atoms with Crippen LogP contribution >= 0.6 is 0 Å². The Kier molecular flexibility index (Phi) is 5.54. The van der Waals surface area contributed by atoms with E-state index in [9.17, 15) is 9.90 Å². The highest BCUT2D eigenvalue weighted by molar-refractivity contribution is 5.77. The van der Waals surface area contributed by atoms with Crippen molar-refractivity contribution < 1.29 is 14.6 Å². The van der Waals surface area contributed by atoms with Gasteiger partial charge in [0.25, 0.3) is 0 Å². The van der Waals surface area contributed by atoms with Crippen LogP contribution in [0.2, 0.25) is 0 Å². The molecule has 1 saturated heterocycles. The average Bonchev–Trinajstić information content (AvgIpc) is 2.62. The molecule has 1 saturated carbocycles. The van der Waals surface area contributed by atoms with Gasteiger partial charge in [0.05, 0.1) is 30.9 Å². The Morgan fingerprint density at radius 3 is 2.88 bits per heavy atom. The van der Waals surface area contributed by atoms with Gasteiger partial charge in [-0.3, -0.25) is 4.79 Å². The molecule has 1 aliphatic heterocycles. The molecular weight excluding hydrogens is 320 g/mol. The second-order valence-corrected chi connectivity index (χ2v) is 7.34. The summed E-state index contributed by atoms with van der Waals surface area (Å²) in [6, 6.07) is 1.83. The van der Waals surface area contributed by atoms with Crippen LogP contribution in [-0.2, 0) is 9.53 Å². The predicted molar refractivity (Wildman–Crippen MR) is 94.3 cm³/mol. The van der Waals surface area contributed by atoms with Crippen molar-refractivity contribution in [3.05, 3.63) is 18.0 Å². The lowest BCUT2D eigenvalue weighted by molar-refractivity contribution is -0.145. The van der Waals surface area contributed by atoms with E-state index in [2.05, 4.69) is 9.97 Å². The van der Waals surface area contributed by atoms with Gasteiger partial charge in [-0.15, -0.1) is 0 Å². The molecule has 0 unspecified atom stereocenters. The van der Waals surface area contributed by atoms with Crippen LogP contribution in [-0.4, -0.2) is 65.3 Å². The van der Waals surface area contributed by atoms with Gasteiger partial charge in [-0.05, 0) is 18.9 Å². The third-order valence-electron chi connectivity index (χ3n) is 5.08. The summed E-state index contributed by atoms with van der Waals surface area (Å²) in [4.78, 5) is 25.1. The lowest BCUT2D eigenvalue weighted by Gasteiger charge is -2.37. The van der Waals surface area contributed by atoms with Crippen molar-refractivity contribution in [2.45, 2.75) is 50.2 Å². The molecular formula is C18H28N4O3. The van der Waals surface area contributed by atoms with E-state index in [1.54, 1.807) is 11.1 Å². The van der Waals surface area contributed by atoms with E-state index in [0.29, 0.717) is 25.6 Å². The first kappa shape index (κ1) is 18.1. The van der Waals surface area contributed by atoms with Crippen LogP contribution in [0.15, 0.2) is 12.3 Å². The zero-order valence-electron chi connectivity index (χ0n) is 15.1. The number of aliphatic hydroxyl groups is 1. The number of aromatic nitrogens is 2. The summed E-state index contributed by atoms with van der Waals surface area (Å²) in [6.07, 6.45) is 6.29. The molecule has 25 heavy (non-hydrogen) atoms. The van der Waals surface area contributed by atoms with Gasteiger partial charge >= 0.3 is 0 Å². The third-order valence-corrected chi connectivity index (χ3v) is 5.08. The van der Waals surface area contributed by atoms with Crippen LogP contribution < -0.4 is 4.90 Å². The Morgan fingerprint density at radius 2 is 2.16 bits per heavy atom. The fourth-order valence-corrected chi connectivity index (χ4v) is 3.59. The molecule has 1 N–H and O–H groups in total. The first-order valence-electron chi connectivity index (χ1n) is 9.09. The number of hydrogen-bond acceptors (Lipinski definition) is 6. The van der Waals surface area contributed by atoms with Crippen molar-refractivity contribution in [1.29, 1.82) is 0 Å². The second-order valence-electron chi connectivity index (χ2n) is 7.34. The molecule has 138 valence electrons. The number of ether oxygens (including phenoxy) is 1. The number of morpholine rings is 1. The second kappa shape index (κ2) is 7.66. The first-order valence-corrected chi connectivity index (χ1v) is 9.09. The zero-order chi connectivity index (χ0) is 17.9. The number of nitrogens with zero attached hydrogens (tertiary/aromatic N) is 4. The van der Waals surface area contributed by atoms with E-state index in [1.807, 2.05) is 25.1 Å². The smallest absolute Gasteiger partial charge is 0.225 e. The molecule has 2 aliphatic rings. The molecule has 0 bridgehead atoms. The summed E-state index contributed by atoms with van der Waals surface area (Å²) in [6.45, 7) is 1.52. The highest BCUT2D eigenvalue weighted by atomic mass is 16.5. The SMILES string of the molecule is CN(C)c1nccc([C@H]2CN(C(=O)CC3(O)CCCCC3)CCO2)n1. The summed E-state index contributed by atoms with van der Waals surface area (Å²) < 4.78 is 5.83. The highest BCUT2D eigenvalue weighted by Gasteiger charge is 2.35. The van der Waals surface area contributed by atoms with Crippen LogP contribution in [0, 0.1) is 0 Å². The monoisotopic (exact) mass is 348 g/mol. The average molecular weight is 348 g/mol. The summed E-state index contributed by atoms with van der Waals surface area (Å²) in [5.41, 5.74) is -0.0385. The maximum Gasteiger partial charge on any atom is 0.225 e. The lowest BCUT2D eigenvalue weighted by Crippen LogP contribution is -2.46. The van der Waals surface area contributed by atoms with Gasteiger partial charge in [-0.1, -0.05) is 19.3 Å². The topological polar surface area (TPSA) is 78.8 Å². The molecule has 0 radical (unpaired) electrons. The van der Waals surface area contributed by atoms with Gasteiger partial charge < -0.3 is 19.6 Å². The van der Waals surface area contributed by atoms with Crippen LogP contribution in [0.1, 0.15) is 50.3 Å². The molecule has 0 spiro atoms. The van der Waals surface area contributed by atoms with Crippen molar-refractivity contribution in [2.24, 2.45) is 0 Å². The maximum absolute atomic E-state index is 12.7. The normalized spacial score (nSPS) is 23.3. The van der Waals surface area contributed by atoms with E-state index in [4.69, 9.17) is 4.74 Å². The minimum atomic E-state index is -0.823. The molecule has 7 heteroatoms. The summed E-state index contributed by atoms with van der Waals surface area (Å²) in [5, 5.41) is 10.6. The van der Waals surface area contributed by atoms with Gasteiger partial charge in [0, 0.05) is 26.8 Å². The van der Waals surface area contributed by atoms with Gasteiger partial charge in [-0.2, -0.15) is 0 Å². The van der Waals surface area contributed by atoms with Gasteiger partial charge in [0.15, 0.2) is 0 Å². The van der Waals surface area contributed by atoms with Crippen LogP contribution in [0.3, 0.4) is 0 Å². The van der Waals surface area contributed by atoms with E-state index < -0.39 is 5.60 Å². The Hall–Kier alpha value is -1.73. The summed E-state index contributed by atoms with van der Waals surface area (Å²) >= 11 is 0. The lowest BCUT2D eigenvalue weighted by atomic mass is 9.82. The van der Waals surface area contributed by atoms with Crippen molar-refractivity contribution in [3.63, 3.8) is 0 Å². The number of carbonyl (C=O) groups is 1. The number of anilines is 1. The molecule has 2 heterocycles. The molecule has 7 nitrogen and oxygen atoms in total. The Balaban J connectivity index is 1.64. The Bertz CT molecular complexity index is 602. The number of hydrogen-bond donors (Lipinski definition) is 1. The van der Waals surface area contributed by atoms with E-state index in [1.165, 1.54) is 0 Å². The fourth-order valence-electron chi connectivity index (χ4n) is 3.59. The molecule has 1 aromatic rings. The van der Waals surface area contributed by atoms with Gasteiger partial charge in [0.2, 0.25) is 11.9 Å². The summed E-state index contributed by atoms with van der Waals surface area (Å²) in [7, 11) is 3.78. The molecule has 1 aliphatic carbocycles. The van der Waals surface area contributed by atoms with E-state index in [0.717, 1.165) is 37.8 Å². The number of rotatable bonds is 4. The van der Waals surface area contributed by atoms with Crippen molar-refractivity contribution in [2.75, 3.05) is 38.7 Å². The third kappa shape index (κ3) is 4.46. The first-order chi connectivity index (χ1) is 12.0. The Morgan fingerprint density at radius 1 is 1.40 bits per heavy atom. The Labute approximate surface area is 149 Å². The zero-order valence-corrected chi connectivity index (χ0v) is 15.1. The molecule has 1 aromatic heterocycles. The molecule has 3 rings (SSSR count). The summed E-state index contributed by atoms with van der Waals surface area (Å²) in [5.74, 6) is 0.639. The number of amides is 1. The largest absolute Gasteiger partial charge is 0.389 e. The molecule has 1 amide bonds. The molecule has 0 aromatic carbocycles. The van der Waals surface area contributed by atoms with Gasteiger partial charge in [0.1, 0.15) is 6.10 Å². The molecule has 1 atom stereocenters. The van der Waals surface area contributed by atoms with Crippen molar-refractivity contribution in [1.82, 2.24) is 14.9 Å². The minimum absolute atomic E-state index is 0.0135. The van der Waals surface area contributed by atoms with E-state index in [-0.39, 0.29) is 18.4 Å². The maximum atomic E-state index is 12.7. The standard InChI is InChI=1S/C18H28N4O3/c1-21(2)17-19-9-6-14(20-17)15-13-22(10-11-25-15)16(23)12-18(24)7-4-3-5-8-18/h6,9,15,24H,3-5,7-8,10-13H2,1-2H3/t15-/m1/s1. The van der Waals surface area contributed by atoms with Crippen LogP contribution in [0.4, 0.5) is 5.95 Å². The number of carbonyl (C=O) groups excluding carboxylic acids is 1. The minimum Gasteiger partial charge on any atom is -0.389 e. The van der Waals surface area contributed by atoms with E-state index >= 15 is 0 Å². The molecule has 2 fully saturated rings. The fraction of sp³-hybridized carbons (Fsp3) is 0.722. The predicted octanol–water partition coefficient (Wildman–Crippen LogP) is 1.53. The quantitative estimate of drug-likeness (QED) is 0.889. The van der Waals surface area contributed by atoms with Crippen molar-refractivity contribution >= 4 is 11.9 Å². The van der Waals surface area contributed by atoms with Crippen LogP contribution in [0.5, 0.6) is 0 Å². The van der Waals surface area contributed by atoms with Crippen LogP contribution in [0.25, 0.3) is 0 Å².